The van der Waals surface area contributed by atoms with E-state index in [9.17, 15) is 10.1 Å². The summed E-state index contributed by atoms with van der Waals surface area (Å²) in [7, 11) is 1.61. The molecule has 0 amide bonds. The van der Waals surface area contributed by atoms with Gasteiger partial charge in [0.25, 0.3) is 0 Å². The van der Waals surface area contributed by atoms with Crippen molar-refractivity contribution in [3.8, 4) is 11.6 Å². The van der Waals surface area contributed by atoms with E-state index in [0.717, 1.165) is 5.56 Å². The summed E-state index contributed by atoms with van der Waals surface area (Å²) in [5, 5.41) is 11.2. The largest absolute Gasteiger partial charge is 0.432 e. The van der Waals surface area contributed by atoms with Gasteiger partial charge in [-0.05, 0) is 34.5 Å². The predicted molar refractivity (Wildman–Crippen MR) is 66.1 cm³/mol. The topological polar surface area (TPSA) is 70.2 Å². The minimum absolute atomic E-state index is 0.0486. The quantitative estimate of drug-likeness (QED) is 0.633. The molecule has 0 aliphatic carbocycles. The van der Waals surface area contributed by atoms with Gasteiger partial charge in [0.15, 0.2) is 0 Å². The molecular weight excluding hydrogens is 258 g/mol. The Morgan fingerprint density at radius 1 is 1.50 bits per heavy atom. The van der Waals surface area contributed by atoms with Crippen LogP contribution in [0.1, 0.15) is 5.56 Å². The first-order valence-electron chi connectivity index (χ1n) is 5.08. The maximum atomic E-state index is 10.8. The lowest BCUT2D eigenvalue weighted by Crippen LogP contribution is -1.97. The maximum absolute atomic E-state index is 10.8. The normalized spacial score (nSPS) is 10.4. The second kappa shape index (κ2) is 4.66. The van der Waals surface area contributed by atoms with Crippen molar-refractivity contribution < 1.29 is 9.66 Å². The summed E-state index contributed by atoms with van der Waals surface area (Å²) >= 11 is 5.97. The van der Waals surface area contributed by atoms with Crippen molar-refractivity contribution in [2.75, 3.05) is 0 Å². The number of hydrogen-bond donors (Lipinski definition) is 0. The summed E-state index contributed by atoms with van der Waals surface area (Å²) in [4.78, 5) is 13.9. The number of imidazole rings is 1. The van der Waals surface area contributed by atoms with Crippen molar-refractivity contribution in [2.45, 2.75) is 6.92 Å². The van der Waals surface area contributed by atoms with E-state index in [0.29, 0.717) is 10.8 Å². The van der Waals surface area contributed by atoms with Crippen molar-refractivity contribution in [2.24, 2.45) is 7.05 Å². The average molecular weight is 268 g/mol. The van der Waals surface area contributed by atoms with Crippen molar-refractivity contribution in [1.29, 1.82) is 0 Å². The van der Waals surface area contributed by atoms with E-state index in [2.05, 4.69) is 4.98 Å². The molecular formula is C11H10ClN3O3. The zero-order chi connectivity index (χ0) is 13.3. The first-order chi connectivity index (χ1) is 8.49. The highest BCUT2D eigenvalue weighted by atomic mass is 35.5. The SMILES string of the molecule is Cc1ccc(Cl)c(Oc2c([N+](=O)[O-])ncn2C)c1. The number of ether oxygens (including phenoxy) is 1. The molecule has 0 spiro atoms. The molecule has 2 rings (SSSR count). The molecule has 6 nitrogen and oxygen atoms in total. The average Bonchev–Trinajstić information content (AvgIpc) is 2.66. The lowest BCUT2D eigenvalue weighted by Gasteiger charge is -2.07. The van der Waals surface area contributed by atoms with Crippen molar-refractivity contribution in [3.63, 3.8) is 0 Å². The smallest absolute Gasteiger partial charge is 0.427 e. The fourth-order valence-electron chi connectivity index (χ4n) is 1.44. The van der Waals surface area contributed by atoms with Gasteiger partial charge in [-0.2, -0.15) is 0 Å². The highest BCUT2D eigenvalue weighted by Crippen LogP contribution is 2.34. The van der Waals surface area contributed by atoms with Gasteiger partial charge in [-0.25, -0.2) is 0 Å². The minimum Gasteiger partial charge on any atom is -0.432 e. The van der Waals surface area contributed by atoms with E-state index in [1.165, 1.54) is 10.9 Å². The van der Waals surface area contributed by atoms with E-state index >= 15 is 0 Å². The number of halogens is 1. The van der Waals surface area contributed by atoms with Crippen molar-refractivity contribution in [1.82, 2.24) is 9.55 Å². The second-order valence-corrected chi connectivity index (χ2v) is 4.18. The maximum Gasteiger partial charge on any atom is 0.427 e. The van der Waals surface area contributed by atoms with E-state index in [1.807, 2.05) is 13.0 Å². The third-order valence-electron chi connectivity index (χ3n) is 2.33. The van der Waals surface area contributed by atoms with Gasteiger partial charge in [0.1, 0.15) is 5.75 Å². The fraction of sp³-hybridized carbons (Fsp3) is 0.182. The molecule has 0 bridgehead atoms. The lowest BCUT2D eigenvalue weighted by molar-refractivity contribution is -0.390. The zero-order valence-electron chi connectivity index (χ0n) is 9.75. The van der Waals surface area contributed by atoms with Crippen LogP contribution in [0.4, 0.5) is 5.82 Å². The Labute approximate surface area is 108 Å². The molecule has 0 radical (unpaired) electrons. The van der Waals surface area contributed by atoms with Crippen LogP contribution in [0.2, 0.25) is 5.02 Å². The Balaban J connectivity index is 2.42. The van der Waals surface area contributed by atoms with E-state index in [4.69, 9.17) is 16.3 Å². The Morgan fingerprint density at radius 3 is 2.89 bits per heavy atom. The predicted octanol–water partition coefficient (Wildman–Crippen LogP) is 3.08. The number of nitro groups is 1. The Bertz CT molecular complexity index is 610. The van der Waals surface area contributed by atoms with Crippen LogP contribution in [-0.2, 0) is 7.05 Å². The lowest BCUT2D eigenvalue weighted by atomic mass is 10.2. The van der Waals surface area contributed by atoms with Crippen LogP contribution in [0.15, 0.2) is 24.5 Å². The van der Waals surface area contributed by atoms with Gasteiger partial charge in [-0.1, -0.05) is 17.7 Å². The molecule has 0 fully saturated rings. The first kappa shape index (κ1) is 12.4. The number of rotatable bonds is 3. The number of nitrogens with zero attached hydrogens (tertiary/aromatic N) is 3. The first-order valence-corrected chi connectivity index (χ1v) is 5.46. The molecule has 0 unspecified atom stereocenters. The van der Waals surface area contributed by atoms with Crippen molar-refractivity contribution >= 4 is 17.4 Å². The van der Waals surface area contributed by atoms with Crippen LogP contribution in [0.25, 0.3) is 0 Å². The fourth-order valence-corrected chi connectivity index (χ4v) is 1.60. The van der Waals surface area contributed by atoms with Gasteiger partial charge in [0, 0.05) is 7.05 Å². The monoisotopic (exact) mass is 267 g/mol. The molecule has 0 atom stereocenters. The van der Waals surface area contributed by atoms with Crippen LogP contribution < -0.4 is 4.74 Å². The summed E-state index contributed by atoms with van der Waals surface area (Å²) < 4.78 is 6.91. The standard InChI is InChI=1S/C11H10ClN3O3/c1-7-3-4-8(12)9(5-7)18-11-10(15(16)17)13-6-14(11)2/h3-6H,1-2H3. The van der Waals surface area contributed by atoms with Gasteiger partial charge in [0.05, 0.1) is 5.02 Å². The Kier molecular flexibility index (Phi) is 3.20. The molecule has 94 valence electrons. The van der Waals surface area contributed by atoms with Crippen LogP contribution >= 0.6 is 11.6 Å². The van der Waals surface area contributed by atoms with Gasteiger partial charge in [-0.3, -0.25) is 4.57 Å². The summed E-state index contributed by atoms with van der Waals surface area (Å²) in [6, 6.07) is 5.21. The third kappa shape index (κ3) is 2.28. The number of hydrogen-bond acceptors (Lipinski definition) is 4. The summed E-state index contributed by atoms with van der Waals surface area (Å²) in [6.45, 7) is 1.88. The van der Waals surface area contributed by atoms with Crippen LogP contribution in [0.5, 0.6) is 11.6 Å². The molecule has 18 heavy (non-hydrogen) atoms. The Morgan fingerprint density at radius 2 is 2.22 bits per heavy atom. The number of aryl methyl sites for hydroxylation is 2. The van der Waals surface area contributed by atoms with Gasteiger partial charge < -0.3 is 14.9 Å². The van der Waals surface area contributed by atoms with Gasteiger partial charge in [0.2, 0.25) is 6.33 Å². The van der Waals surface area contributed by atoms with Gasteiger partial charge >= 0.3 is 11.7 Å². The molecule has 1 heterocycles. The molecule has 0 saturated carbocycles. The summed E-state index contributed by atoms with van der Waals surface area (Å²) in [6.07, 6.45) is 1.32. The number of aromatic nitrogens is 2. The van der Waals surface area contributed by atoms with E-state index < -0.39 is 4.92 Å². The molecule has 1 aromatic carbocycles. The summed E-state index contributed by atoms with van der Waals surface area (Å²) in [5.74, 6) is 0.0749. The second-order valence-electron chi connectivity index (χ2n) is 3.78. The molecule has 0 aliphatic heterocycles. The number of benzene rings is 1. The Hall–Kier alpha value is -2.08. The van der Waals surface area contributed by atoms with Crippen LogP contribution in [0, 0.1) is 17.0 Å². The van der Waals surface area contributed by atoms with Gasteiger partial charge in [-0.15, -0.1) is 0 Å². The van der Waals surface area contributed by atoms with E-state index in [-0.39, 0.29) is 11.7 Å². The molecule has 0 N–H and O–H groups in total. The van der Waals surface area contributed by atoms with Crippen molar-refractivity contribution in [3.05, 3.63) is 45.2 Å². The zero-order valence-corrected chi connectivity index (χ0v) is 10.5. The molecule has 1 aromatic heterocycles. The minimum atomic E-state index is -0.598. The molecule has 7 heteroatoms. The highest BCUT2D eigenvalue weighted by molar-refractivity contribution is 6.32. The summed E-state index contributed by atoms with van der Waals surface area (Å²) in [5.41, 5.74) is 0.944. The highest BCUT2D eigenvalue weighted by Gasteiger charge is 2.23. The van der Waals surface area contributed by atoms with Crippen LogP contribution in [-0.4, -0.2) is 14.5 Å². The van der Waals surface area contributed by atoms with Crippen LogP contribution in [0.3, 0.4) is 0 Å². The molecule has 2 aromatic rings. The molecule has 0 saturated heterocycles. The molecule has 0 aliphatic rings. The van der Waals surface area contributed by atoms with E-state index in [1.54, 1.807) is 19.2 Å². The third-order valence-corrected chi connectivity index (χ3v) is 2.64.